The Labute approximate surface area is 93.4 Å². The number of nitrogens with zero attached hydrogens (tertiary/aromatic N) is 1. The molecule has 0 aliphatic rings. The van der Waals surface area contributed by atoms with Crippen LogP contribution in [0, 0.1) is 21.8 Å². The summed E-state index contributed by atoms with van der Waals surface area (Å²) in [5, 5.41) is 10.7. The molecule has 1 unspecified atom stereocenters. The third-order valence-electron chi connectivity index (χ3n) is 2.56. The molecule has 4 nitrogen and oxygen atoms in total. The normalized spacial score (nSPS) is 12.8. The van der Waals surface area contributed by atoms with Crippen LogP contribution in [-0.2, 0) is 6.42 Å². The first-order chi connectivity index (χ1) is 7.41. The summed E-state index contributed by atoms with van der Waals surface area (Å²) in [5.41, 5.74) is 6.12. The van der Waals surface area contributed by atoms with Crippen molar-refractivity contribution < 1.29 is 9.31 Å². The first-order valence-corrected chi connectivity index (χ1v) is 5.10. The Morgan fingerprint density at radius 1 is 1.50 bits per heavy atom. The van der Waals surface area contributed by atoms with E-state index in [2.05, 4.69) is 0 Å². The van der Waals surface area contributed by atoms with E-state index in [0.717, 1.165) is 6.07 Å². The van der Waals surface area contributed by atoms with Crippen molar-refractivity contribution in [3.05, 3.63) is 39.7 Å². The van der Waals surface area contributed by atoms with Crippen molar-refractivity contribution in [3.8, 4) is 0 Å². The molecule has 0 fully saturated rings. The van der Waals surface area contributed by atoms with Crippen LogP contribution in [0.1, 0.15) is 19.4 Å². The van der Waals surface area contributed by atoms with Gasteiger partial charge in [-0.2, -0.15) is 0 Å². The molecule has 0 spiro atoms. The van der Waals surface area contributed by atoms with Crippen LogP contribution in [-0.4, -0.2) is 11.0 Å². The average Bonchev–Trinajstić information content (AvgIpc) is 2.20. The van der Waals surface area contributed by atoms with Gasteiger partial charge in [-0.25, -0.2) is 4.39 Å². The lowest BCUT2D eigenvalue weighted by molar-refractivity contribution is -0.385. The predicted molar refractivity (Wildman–Crippen MR) is 59.6 cm³/mol. The van der Waals surface area contributed by atoms with Crippen molar-refractivity contribution in [2.45, 2.75) is 26.3 Å². The van der Waals surface area contributed by atoms with E-state index in [9.17, 15) is 14.5 Å². The molecule has 1 aromatic carbocycles. The topological polar surface area (TPSA) is 69.2 Å². The molecule has 16 heavy (non-hydrogen) atoms. The van der Waals surface area contributed by atoms with Crippen LogP contribution in [0.4, 0.5) is 10.1 Å². The van der Waals surface area contributed by atoms with Crippen molar-refractivity contribution in [1.82, 2.24) is 0 Å². The van der Waals surface area contributed by atoms with Crippen molar-refractivity contribution >= 4 is 5.69 Å². The molecule has 5 heteroatoms. The summed E-state index contributed by atoms with van der Waals surface area (Å²) in [5.74, 6) is -0.377. The number of nitro groups is 1. The Morgan fingerprint density at radius 2 is 2.12 bits per heavy atom. The van der Waals surface area contributed by atoms with Gasteiger partial charge < -0.3 is 5.73 Å². The lowest BCUT2D eigenvalue weighted by atomic mass is 9.96. The summed E-state index contributed by atoms with van der Waals surface area (Å²) in [7, 11) is 0. The minimum Gasteiger partial charge on any atom is -0.327 e. The Hall–Kier alpha value is -1.49. The molecule has 0 radical (unpaired) electrons. The van der Waals surface area contributed by atoms with Crippen LogP contribution in [0.3, 0.4) is 0 Å². The molecule has 0 amide bonds. The van der Waals surface area contributed by atoms with Crippen molar-refractivity contribution in [1.29, 1.82) is 0 Å². The number of nitro benzene ring substituents is 1. The first-order valence-electron chi connectivity index (χ1n) is 5.10. The smallest absolute Gasteiger partial charge is 0.275 e. The number of benzene rings is 1. The summed E-state index contributed by atoms with van der Waals surface area (Å²) in [6.07, 6.45) is 0.383. The maximum Gasteiger partial charge on any atom is 0.275 e. The summed E-state index contributed by atoms with van der Waals surface area (Å²) in [6.45, 7) is 3.89. The SMILES string of the molecule is CC(C)C(N)Cc1ccc(F)cc1[N+](=O)[O-]. The van der Waals surface area contributed by atoms with E-state index in [4.69, 9.17) is 5.73 Å². The standard InChI is InChI=1S/C11H15FN2O2/c1-7(2)10(13)5-8-3-4-9(12)6-11(8)14(15)16/h3-4,6-7,10H,5,13H2,1-2H3. The minimum absolute atomic E-state index is 0.163. The summed E-state index contributed by atoms with van der Waals surface area (Å²) >= 11 is 0. The number of nitrogens with two attached hydrogens (primary N) is 1. The Balaban J connectivity index is 2.99. The van der Waals surface area contributed by atoms with Gasteiger partial charge in [-0.3, -0.25) is 10.1 Å². The third kappa shape index (κ3) is 3.00. The van der Waals surface area contributed by atoms with E-state index in [1.165, 1.54) is 12.1 Å². The lowest BCUT2D eigenvalue weighted by Crippen LogP contribution is -2.29. The molecule has 2 N–H and O–H groups in total. The largest absolute Gasteiger partial charge is 0.327 e. The van der Waals surface area contributed by atoms with E-state index in [1.807, 2.05) is 13.8 Å². The summed E-state index contributed by atoms with van der Waals surface area (Å²) in [4.78, 5) is 10.1. The van der Waals surface area contributed by atoms with E-state index >= 15 is 0 Å². The van der Waals surface area contributed by atoms with Gasteiger partial charge in [0.05, 0.1) is 11.0 Å². The van der Waals surface area contributed by atoms with Crippen LogP contribution >= 0.6 is 0 Å². The van der Waals surface area contributed by atoms with Gasteiger partial charge in [-0.1, -0.05) is 13.8 Å². The van der Waals surface area contributed by atoms with Crippen molar-refractivity contribution in [2.75, 3.05) is 0 Å². The maximum absolute atomic E-state index is 12.9. The molecule has 0 heterocycles. The van der Waals surface area contributed by atoms with Gasteiger partial charge in [-0.05, 0) is 24.5 Å². The van der Waals surface area contributed by atoms with Gasteiger partial charge >= 0.3 is 0 Å². The van der Waals surface area contributed by atoms with Gasteiger partial charge in [0, 0.05) is 11.6 Å². The second-order valence-corrected chi connectivity index (χ2v) is 4.14. The van der Waals surface area contributed by atoms with E-state index in [0.29, 0.717) is 12.0 Å². The molecular weight excluding hydrogens is 211 g/mol. The lowest BCUT2D eigenvalue weighted by Gasteiger charge is -2.15. The zero-order valence-electron chi connectivity index (χ0n) is 9.31. The van der Waals surface area contributed by atoms with Crippen LogP contribution < -0.4 is 5.73 Å². The highest BCUT2D eigenvalue weighted by molar-refractivity contribution is 5.40. The molecule has 1 aromatic rings. The van der Waals surface area contributed by atoms with Crippen molar-refractivity contribution in [3.63, 3.8) is 0 Å². The fourth-order valence-corrected chi connectivity index (χ4v) is 1.37. The molecule has 0 bridgehead atoms. The highest BCUT2D eigenvalue weighted by atomic mass is 19.1. The van der Waals surface area contributed by atoms with Gasteiger partial charge in [0.15, 0.2) is 0 Å². The van der Waals surface area contributed by atoms with Crippen LogP contribution in [0.2, 0.25) is 0 Å². The first kappa shape index (κ1) is 12.6. The Morgan fingerprint density at radius 3 is 2.62 bits per heavy atom. The van der Waals surface area contributed by atoms with Gasteiger partial charge in [-0.15, -0.1) is 0 Å². The van der Waals surface area contributed by atoms with Crippen LogP contribution in [0.15, 0.2) is 18.2 Å². The van der Waals surface area contributed by atoms with E-state index in [-0.39, 0.29) is 17.6 Å². The molecule has 0 aromatic heterocycles. The zero-order chi connectivity index (χ0) is 12.3. The molecule has 1 atom stereocenters. The Bertz CT molecular complexity index is 394. The van der Waals surface area contributed by atoms with Crippen molar-refractivity contribution in [2.24, 2.45) is 11.7 Å². The molecular formula is C11H15FN2O2. The van der Waals surface area contributed by atoms with E-state index < -0.39 is 10.7 Å². The minimum atomic E-state index is -0.603. The van der Waals surface area contributed by atoms with Gasteiger partial charge in [0.25, 0.3) is 5.69 Å². The maximum atomic E-state index is 12.9. The van der Waals surface area contributed by atoms with Crippen LogP contribution in [0.5, 0.6) is 0 Å². The molecule has 0 aliphatic carbocycles. The highest BCUT2D eigenvalue weighted by Gasteiger charge is 2.18. The molecule has 0 aliphatic heterocycles. The monoisotopic (exact) mass is 226 g/mol. The third-order valence-corrected chi connectivity index (χ3v) is 2.56. The average molecular weight is 226 g/mol. The molecule has 0 saturated carbocycles. The van der Waals surface area contributed by atoms with Crippen LogP contribution in [0.25, 0.3) is 0 Å². The molecule has 0 saturated heterocycles. The molecule has 88 valence electrons. The fourth-order valence-electron chi connectivity index (χ4n) is 1.37. The summed E-state index contributed by atoms with van der Waals surface area (Å²) < 4.78 is 12.9. The number of hydrogen-bond donors (Lipinski definition) is 1. The second kappa shape index (κ2) is 5.03. The second-order valence-electron chi connectivity index (χ2n) is 4.14. The van der Waals surface area contributed by atoms with Gasteiger partial charge in [0.1, 0.15) is 5.82 Å². The quantitative estimate of drug-likeness (QED) is 0.632. The highest BCUT2D eigenvalue weighted by Crippen LogP contribution is 2.22. The Kier molecular flexibility index (Phi) is 3.95. The van der Waals surface area contributed by atoms with E-state index in [1.54, 1.807) is 0 Å². The number of hydrogen-bond acceptors (Lipinski definition) is 3. The summed E-state index contributed by atoms with van der Waals surface area (Å²) in [6, 6.07) is 3.41. The van der Waals surface area contributed by atoms with Gasteiger partial charge in [0.2, 0.25) is 0 Å². The molecule has 1 rings (SSSR count). The fraction of sp³-hybridized carbons (Fsp3) is 0.455. The number of halogens is 1. The zero-order valence-corrected chi connectivity index (χ0v) is 9.31. The predicted octanol–water partition coefficient (Wildman–Crippen LogP) is 2.26. The number of rotatable bonds is 4.